The van der Waals surface area contributed by atoms with E-state index in [2.05, 4.69) is 5.32 Å². The van der Waals surface area contributed by atoms with Crippen molar-refractivity contribution in [2.75, 3.05) is 13.1 Å². The molecular formula is C10H14N2O3. The minimum atomic E-state index is -0.413. The third-order valence-electron chi connectivity index (χ3n) is 2.06. The zero-order valence-electron chi connectivity index (χ0n) is 8.87. The van der Waals surface area contributed by atoms with E-state index in [0.29, 0.717) is 12.1 Å². The van der Waals surface area contributed by atoms with Crippen LogP contribution in [0, 0.1) is 0 Å². The van der Waals surface area contributed by atoms with Gasteiger partial charge in [0.2, 0.25) is 5.91 Å². The molecule has 1 N–H and O–H groups in total. The van der Waals surface area contributed by atoms with E-state index in [1.165, 1.54) is 6.08 Å². The molecule has 5 nitrogen and oxygen atoms in total. The van der Waals surface area contributed by atoms with Gasteiger partial charge >= 0.3 is 0 Å². The Morgan fingerprint density at radius 1 is 1.47 bits per heavy atom. The second kappa shape index (κ2) is 4.72. The van der Waals surface area contributed by atoms with Crippen molar-refractivity contribution in [2.24, 2.45) is 0 Å². The molecule has 0 bridgehead atoms. The first-order valence-electron chi connectivity index (χ1n) is 4.87. The summed E-state index contributed by atoms with van der Waals surface area (Å²) in [5, 5.41) is 2.61. The third-order valence-corrected chi connectivity index (χ3v) is 2.06. The van der Waals surface area contributed by atoms with Crippen LogP contribution >= 0.6 is 0 Å². The van der Waals surface area contributed by atoms with Gasteiger partial charge in [-0.3, -0.25) is 19.3 Å². The predicted molar refractivity (Wildman–Crippen MR) is 53.8 cm³/mol. The summed E-state index contributed by atoms with van der Waals surface area (Å²) in [6.45, 7) is 3.86. The molecule has 0 fully saturated rings. The van der Waals surface area contributed by atoms with Crippen LogP contribution in [0.2, 0.25) is 0 Å². The van der Waals surface area contributed by atoms with Crippen LogP contribution in [0.3, 0.4) is 0 Å². The first-order valence-corrected chi connectivity index (χ1v) is 4.87. The standard InChI is InChI=1S/C10H14N2O3/c1-3-4-11-8(13)6-12-9(14)5-7(2)10(12)15/h5H,3-4,6H2,1-2H3,(H,11,13). The fourth-order valence-electron chi connectivity index (χ4n) is 1.25. The average molecular weight is 210 g/mol. The van der Waals surface area contributed by atoms with Crippen LogP contribution in [0.25, 0.3) is 0 Å². The van der Waals surface area contributed by atoms with Crippen molar-refractivity contribution >= 4 is 17.7 Å². The molecule has 0 spiro atoms. The van der Waals surface area contributed by atoms with E-state index in [9.17, 15) is 14.4 Å². The van der Waals surface area contributed by atoms with Gasteiger partial charge < -0.3 is 5.32 Å². The minimum absolute atomic E-state index is 0.189. The number of carbonyl (C=O) groups excluding carboxylic acids is 3. The molecule has 0 atom stereocenters. The van der Waals surface area contributed by atoms with Crippen molar-refractivity contribution in [1.29, 1.82) is 0 Å². The van der Waals surface area contributed by atoms with Crippen molar-refractivity contribution < 1.29 is 14.4 Å². The van der Waals surface area contributed by atoms with Crippen LogP contribution in [-0.4, -0.2) is 35.7 Å². The van der Waals surface area contributed by atoms with Gasteiger partial charge in [0, 0.05) is 18.2 Å². The van der Waals surface area contributed by atoms with E-state index in [4.69, 9.17) is 0 Å². The number of nitrogens with one attached hydrogen (secondary N) is 1. The van der Waals surface area contributed by atoms with Crippen LogP contribution in [0.1, 0.15) is 20.3 Å². The van der Waals surface area contributed by atoms with Gasteiger partial charge in [-0.25, -0.2) is 0 Å². The van der Waals surface area contributed by atoms with Crippen LogP contribution in [0.15, 0.2) is 11.6 Å². The zero-order valence-corrected chi connectivity index (χ0v) is 8.87. The van der Waals surface area contributed by atoms with Crippen LogP contribution in [-0.2, 0) is 14.4 Å². The maximum Gasteiger partial charge on any atom is 0.257 e. The van der Waals surface area contributed by atoms with Gasteiger partial charge in [-0.1, -0.05) is 6.92 Å². The molecule has 0 radical (unpaired) electrons. The Morgan fingerprint density at radius 2 is 2.13 bits per heavy atom. The van der Waals surface area contributed by atoms with Gasteiger partial charge in [0.1, 0.15) is 6.54 Å². The fraction of sp³-hybridized carbons (Fsp3) is 0.500. The quantitative estimate of drug-likeness (QED) is 0.655. The average Bonchev–Trinajstić information content (AvgIpc) is 2.42. The molecule has 1 aliphatic heterocycles. The summed E-state index contributed by atoms with van der Waals surface area (Å²) in [4.78, 5) is 34.9. The van der Waals surface area contributed by atoms with Crippen molar-refractivity contribution in [1.82, 2.24) is 10.2 Å². The summed E-state index contributed by atoms with van der Waals surface area (Å²) in [6, 6.07) is 0. The summed E-state index contributed by atoms with van der Waals surface area (Å²) in [5.41, 5.74) is 0.378. The zero-order chi connectivity index (χ0) is 11.4. The maximum atomic E-state index is 11.4. The molecule has 5 heteroatoms. The molecule has 0 saturated carbocycles. The highest BCUT2D eigenvalue weighted by atomic mass is 16.2. The van der Waals surface area contributed by atoms with Crippen molar-refractivity contribution in [3.63, 3.8) is 0 Å². The molecule has 0 aromatic heterocycles. The van der Waals surface area contributed by atoms with E-state index >= 15 is 0 Å². The lowest BCUT2D eigenvalue weighted by atomic mass is 10.3. The van der Waals surface area contributed by atoms with Crippen molar-refractivity contribution in [3.05, 3.63) is 11.6 Å². The number of hydrogen-bond donors (Lipinski definition) is 1. The molecular weight excluding hydrogens is 196 g/mol. The topological polar surface area (TPSA) is 66.5 Å². The second-order valence-corrected chi connectivity index (χ2v) is 3.41. The van der Waals surface area contributed by atoms with Gasteiger partial charge in [0.15, 0.2) is 0 Å². The van der Waals surface area contributed by atoms with Crippen LogP contribution < -0.4 is 5.32 Å². The van der Waals surface area contributed by atoms with Crippen molar-refractivity contribution in [2.45, 2.75) is 20.3 Å². The number of hydrogen-bond acceptors (Lipinski definition) is 3. The number of rotatable bonds is 4. The summed E-state index contributed by atoms with van der Waals surface area (Å²) in [6.07, 6.45) is 2.07. The number of imide groups is 1. The molecule has 82 valence electrons. The van der Waals surface area contributed by atoms with Crippen LogP contribution in [0.5, 0.6) is 0 Å². The van der Waals surface area contributed by atoms with Gasteiger partial charge in [-0.15, -0.1) is 0 Å². The summed E-state index contributed by atoms with van der Waals surface area (Å²) >= 11 is 0. The van der Waals surface area contributed by atoms with E-state index in [1.807, 2.05) is 6.92 Å². The molecule has 0 aromatic rings. The van der Waals surface area contributed by atoms with E-state index < -0.39 is 5.91 Å². The predicted octanol–water partition coefficient (Wildman–Crippen LogP) is -0.172. The Morgan fingerprint density at radius 3 is 2.60 bits per heavy atom. The molecule has 1 rings (SSSR count). The molecule has 0 unspecified atom stereocenters. The van der Waals surface area contributed by atoms with Gasteiger partial charge in [-0.05, 0) is 13.3 Å². The molecule has 0 saturated heterocycles. The third kappa shape index (κ3) is 2.65. The Bertz CT molecular complexity index is 334. The largest absolute Gasteiger partial charge is 0.355 e. The minimum Gasteiger partial charge on any atom is -0.355 e. The molecule has 3 amide bonds. The normalized spacial score (nSPS) is 15.6. The first kappa shape index (κ1) is 11.4. The lowest BCUT2D eigenvalue weighted by Crippen LogP contribution is -2.41. The Hall–Kier alpha value is -1.65. The summed E-state index contributed by atoms with van der Waals surface area (Å²) in [7, 11) is 0. The summed E-state index contributed by atoms with van der Waals surface area (Å²) in [5.74, 6) is -1.10. The van der Waals surface area contributed by atoms with Crippen LogP contribution in [0.4, 0.5) is 0 Å². The first-order chi connectivity index (χ1) is 7.06. The highest BCUT2D eigenvalue weighted by Crippen LogP contribution is 2.10. The number of amides is 3. The van der Waals surface area contributed by atoms with E-state index in [0.717, 1.165) is 11.3 Å². The molecule has 1 aliphatic rings. The van der Waals surface area contributed by atoms with Gasteiger partial charge in [0.05, 0.1) is 0 Å². The maximum absolute atomic E-state index is 11.4. The van der Waals surface area contributed by atoms with E-state index in [1.54, 1.807) is 6.92 Å². The molecule has 1 heterocycles. The monoisotopic (exact) mass is 210 g/mol. The van der Waals surface area contributed by atoms with Gasteiger partial charge in [0.25, 0.3) is 11.8 Å². The number of carbonyl (C=O) groups is 3. The molecule has 15 heavy (non-hydrogen) atoms. The highest BCUT2D eigenvalue weighted by Gasteiger charge is 2.29. The highest BCUT2D eigenvalue weighted by molar-refractivity contribution is 6.17. The lowest BCUT2D eigenvalue weighted by Gasteiger charge is -2.13. The van der Waals surface area contributed by atoms with E-state index in [-0.39, 0.29) is 18.4 Å². The SMILES string of the molecule is CCCNC(=O)CN1C(=O)C=C(C)C1=O. The Kier molecular flexibility index (Phi) is 3.60. The smallest absolute Gasteiger partial charge is 0.257 e. The lowest BCUT2D eigenvalue weighted by molar-refractivity contribution is -0.141. The van der Waals surface area contributed by atoms with Gasteiger partial charge in [-0.2, -0.15) is 0 Å². The number of nitrogens with zero attached hydrogens (tertiary/aromatic N) is 1. The summed E-state index contributed by atoms with van der Waals surface area (Å²) < 4.78 is 0. The van der Waals surface area contributed by atoms with Crippen molar-refractivity contribution in [3.8, 4) is 0 Å². The second-order valence-electron chi connectivity index (χ2n) is 3.41. The Balaban J connectivity index is 2.50. The fourth-order valence-corrected chi connectivity index (χ4v) is 1.25. The Labute approximate surface area is 88.1 Å². The molecule has 0 aromatic carbocycles. The molecule has 0 aliphatic carbocycles.